The fraction of sp³-hybridized carbons (Fsp3) is 0.143. The van der Waals surface area contributed by atoms with Gasteiger partial charge in [-0.2, -0.15) is 0 Å². The molecule has 0 radical (unpaired) electrons. The zero-order chi connectivity index (χ0) is 17.1. The van der Waals surface area contributed by atoms with Gasteiger partial charge in [-0.15, -0.1) is 0 Å². The van der Waals surface area contributed by atoms with Crippen LogP contribution in [-0.2, 0) is 0 Å². The van der Waals surface area contributed by atoms with Gasteiger partial charge in [0.25, 0.3) is 5.91 Å². The predicted octanol–water partition coefficient (Wildman–Crippen LogP) is 4.93. The summed E-state index contributed by atoms with van der Waals surface area (Å²) >= 11 is 0. The minimum atomic E-state index is -0.116. The first kappa shape index (κ1) is 15.9. The number of anilines is 1. The number of carbonyl (C=O) groups excluding carboxylic acids is 1. The van der Waals surface area contributed by atoms with Crippen LogP contribution in [0.1, 0.15) is 27.0 Å². The zero-order valence-electron chi connectivity index (χ0n) is 14.1. The van der Waals surface area contributed by atoms with Gasteiger partial charge in [-0.1, -0.05) is 35.9 Å². The van der Waals surface area contributed by atoms with Crippen molar-refractivity contribution in [3.8, 4) is 11.1 Å². The van der Waals surface area contributed by atoms with Gasteiger partial charge in [-0.25, -0.2) is 0 Å². The van der Waals surface area contributed by atoms with E-state index in [0.29, 0.717) is 5.56 Å². The lowest BCUT2D eigenvalue weighted by atomic mass is 9.98. The summed E-state index contributed by atoms with van der Waals surface area (Å²) in [5, 5.41) is 2.94. The van der Waals surface area contributed by atoms with Crippen LogP contribution in [0.25, 0.3) is 11.1 Å². The van der Waals surface area contributed by atoms with E-state index < -0.39 is 0 Å². The summed E-state index contributed by atoms with van der Waals surface area (Å²) in [6, 6.07) is 16.1. The number of aryl methyl sites for hydroxylation is 3. The molecule has 1 heterocycles. The van der Waals surface area contributed by atoms with E-state index in [1.165, 1.54) is 16.7 Å². The number of rotatable bonds is 3. The van der Waals surface area contributed by atoms with E-state index in [-0.39, 0.29) is 5.91 Å². The fourth-order valence-electron chi connectivity index (χ4n) is 2.71. The molecule has 0 aliphatic rings. The molecule has 0 atom stereocenters. The van der Waals surface area contributed by atoms with Crippen molar-refractivity contribution in [2.75, 3.05) is 5.32 Å². The van der Waals surface area contributed by atoms with E-state index >= 15 is 0 Å². The molecule has 2 aromatic carbocycles. The van der Waals surface area contributed by atoms with Gasteiger partial charge in [0.15, 0.2) is 0 Å². The van der Waals surface area contributed by atoms with Crippen molar-refractivity contribution in [1.29, 1.82) is 0 Å². The highest BCUT2D eigenvalue weighted by molar-refractivity contribution is 6.05. The number of amides is 1. The molecular formula is C21H20N2O. The minimum absolute atomic E-state index is 0.116. The first-order valence-electron chi connectivity index (χ1n) is 7.94. The van der Waals surface area contributed by atoms with Crippen LogP contribution < -0.4 is 5.32 Å². The van der Waals surface area contributed by atoms with Crippen LogP contribution in [0.15, 0.2) is 60.9 Å². The lowest BCUT2D eigenvalue weighted by Gasteiger charge is -2.10. The van der Waals surface area contributed by atoms with Crippen molar-refractivity contribution in [2.24, 2.45) is 0 Å². The van der Waals surface area contributed by atoms with E-state index in [9.17, 15) is 4.79 Å². The molecule has 0 saturated carbocycles. The summed E-state index contributed by atoms with van der Waals surface area (Å²) < 4.78 is 0. The molecule has 3 rings (SSSR count). The molecule has 3 nitrogen and oxygen atoms in total. The lowest BCUT2D eigenvalue weighted by Crippen LogP contribution is -2.13. The topological polar surface area (TPSA) is 42.0 Å². The summed E-state index contributed by atoms with van der Waals surface area (Å²) in [5.41, 5.74) is 7.13. The third-order valence-corrected chi connectivity index (χ3v) is 4.11. The second kappa shape index (κ2) is 6.67. The molecule has 1 amide bonds. The monoisotopic (exact) mass is 316 g/mol. The van der Waals surface area contributed by atoms with E-state index in [0.717, 1.165) is 16.8 Å². The van der Waals surface area contributed by atoms with Gasteiger partial charge in [0, 0.05) is 23.6 Å². The highest BCUT2D eigenvalue weighted by Gasteiger charge is 2.09. The maximum absolute atomic E-state index is 12.3. The summed E-state index contributed by atoms with van der Waals surface area (Å²) in [7, 11) is 0. The number of hydrogen-bond donors (Lipinski definition) is 1. The number of hydrogen-bond acceptors (Lipinski definition) is 2. The van der Waals surface area contributed by atoms with Crippen molar-refractivity contribution in [2.45, 2.75) is 20.8 Å². The number of carbonyl (C=O) groups is 1. The molecule has 0 saturated heterocycles. The maximum atomic E-state index is 12.3. The largest absolute Gasteiger partial charge is 0.322 e. The highest BCUT2D eigenvalue weighted by Crippen LogP contribution is 2.26. The Morgan fingerprint density at radius 3 is 2.38 bits per heavy atom. The van der Waals surface area contributed by atoms with Crippen molar-refractivity contribution in [3.63, 3.8) is 0 Å². The summed E-state index contributed by atoms with van der Waals surface area (Å²) in [6.07, 6.45) is 3.32. The third-order valence-electron chi connectivity index (χ3n) is 4.11. The number of pyridine rings is 1. The summed E-state index contributed by atoms with van der Waals surface area (Å²) in [5.74, 6) is -0.116. The van der Waals surface area contributed by atoms with Crippen LogP contribution in [-0.4, -0.2) is 10.9 Å². The average molecular weight is 316 g/mol. The molecule has 1 aromatic heterocycles. The molecule has 3 aromatic rings. The molecule has 0 aliphatic heterocycles. The van der Waals surface area contributed by atoms with Crippen LogP contribution in [0.2, 0.25) is 0 Å². The highest BCUT2D eigenvalue weighted by atomic mass is 16.1. The Morgan fingerprint density at radius 1 is 0.917 bits per heavy atom. The number of benzene rings is 2. The molecule has 0 bridgehead atoms. The van der Waals surface area contributed by atoms with E-state index in [2.05, 4.69) is 42.3 Å². The van der Waals surface area contributed by atoms with Crippen LogP contribution >= 0.6 is 0 Å². The number of nitrogens with one attached hydrogen (secondary N) is 1. The van der Waals surface area contributed by atoms with Gasteiger partial charge < -0.3 is 5.32 Å². The molecule has 3 heteroatoms. The average Bonchev–Trinajstić information content (AvgIpc) is 2.58. The van der Waals surface area contributed by atoms with Crippen LogP contribution in [0.3, 0.4) is 0 Å². The second-order valence-electron chi connectivity index (χ2n) is 6.04. The Bertz CT molecular complexity index is 883. The Hall–Kier alpha value is -2.94. The standard InChI is InChI=1S/C21H20N2O/c1-14-4-5-15(2)20(12-14)17-6-8-18(9-7-17)23-21(24)19-10-11-22-13-16(19)3/h4-13H,1-3H3,(H,23,24). The van der Waals surface area contributed by atoms with Crippen molar-refractivity contribution >= 4 is 11.6 Å². The molecule has 1 N–H and O–H groups in total. The normalized spacial score (nSPS) is 10.5. The van der Waals surface area contributed by atoms with Gasteiger partial charge in [0.2, 0.25) is 0 Å². The van der Waals surface area contributed by atoms with Crippen LogP contribution in [0.4, 0.5) is 5.69 Å². The first-order chi connectivity index (χ1) is 11.5. The zero-order valence-corrected chi connectivity index (χ0v) is 14.1. The molecule has 0 fully saturated rings. The fourth-order valence-corrected chi connectivity index (χ4v) is 2.71. The van der Waals surface area contributed by atoms with Crippen molar-refractivity contribution < 1.29 is 4.79 Å². The van der Waals surface area contributed by atoms with E-state index in [1.807, 2.05) is 31.2 Å². The second-order valence-corrected chi connectivity index (χ2v) is 6.04. The Morgan fingerprint density at radius 2 is 1.67 bits per heavy atom. The minimum Gasteiger partial charge on any atom is -0.322 e. The Kier molecular flexibility index (Phi) is 4.43. The quantitative estimate of drug-likeness (QED) is 0.744. The van der Waals surface area contributed by atoms with Gasteiger partial charge in [0.1, 0.15) is 0 Å². The van der Waals surface area contributed by atoms with Gasteiger partial charge in [0.05, 0.1) is 0 Å². The molecule has 0 aliphatic carbocycles. The third kappa shape index (κ3) is 3.35. The smallest absolute Gasteiger partial charge is 0.256 e. The van der Waals surface area contributed by atoms with Crippen LogP contribution in [0.5, 0.6) is 0 Å². The van der Waals surface area contributed by atoms with E-state index in [4.69, 9.17) is 0 Å². The van der Waals surface area contributed by atoms with Gasteiger partial charge >= 0.3 is 0 Å². The van der Waals surface area contributed by atoms with Crippen molar-refractivity contribution in [3.05, 3.63) is 83.2 Å². The van der Waals surface area contributed by atoms with Gasteiger partial charge in [-0.3, -0.25) is 9.78 Å². The van der Waals surface area contributed by atoms with Crippen molar-refractivity contribution in [1.82, 2.24) is 4.98 Å². The number of nitrogens with zero attached hydrogens (tertiary/aromatic N) is 1. The lowest BCUT2D eigenvalue weighted by molar-refractivity contribution is 0.102. The first-order valence-corrected chi connectivity index (χ1v) is 7.94. The summed E-state index contributed by atoms with van der Waals surface area (Å²) in [4.78, 5) is 16.4. The Balaban J connectivity index is 1.81. The SMILES string of the molecule is Cc1ccc(C)c(-c2ccc(NC(=O)c3ccncc3C)cc2)c1. The van der Waals surface area contributed by atoms with E-state index in [1.54, 1.807) is 18.5 Å². The number of aromatic nitrogens is 1. The summed E-state index contributed by atoms with van der Waals surface area (Å²) in [6.45, 7) is 6.08. The van der Waals surface area contributed by atoms with Crippen LogP contribution in [0, 0.1) is 20.8 Å². The maximum Gasteiger partial charge on any atom is 0.256 e. The molecule has 0 spiro atoms. The predicted molar refractivity (Wildman–Crippen MR) is 98.3 cm³/mol. The molecule has 24 heavy (non-hydrogen) atoms. The Labute approximate surface area is 142 Å². The molecule has 120 valence electrons. The van der Waals surface area contributed by atoms with Gasteiger partial charge in [-0.05, 0) is 61.2 Å². The molecule has 0 unspecified atom stereocenters. The molecular weight excluding hydrogens is 296 g/mol.